The SMILES string of the molecule is CC(NCC1(CO)CCOCC1)c1cc(Br)ccc1F. The average Bonchev–Trinajstić information content (AvgIpc) is 2.48. The Kier molecular flexibility index (Phi) is 5.55. The van der Waals surface area contributed by atoms with Crippen LogP contribution in [-0.4, -0.2) is 31.5 Å². The second kappa shape index (κ2) is 6.98. The van der Waals surface area contributed by atoms with E-state index in [1.165, 1.54) is 6.07 Å². The summed E-state index contributed by atoms with van der Waals surface area (Å²) in [4.78, 5) is 0. The molecule has 1 heterocycles. The van der Waals surface area contributed by atoms with E-state index in [1.807, 2.05) is 6.92 Å². The first kappa shape index (κ1) is 15.9. The van der Waals surface area contributed by atoms with Crippen molar-refractivity contribution in [2.24, 2.45) is 5.41 Å². The lowest BCUT2D eigenvalue weighted by molar-refractivity contribution is -0.0163. The number of aliphatic hydroxyl groups excluding tert-OH is 1. The minimum atomic E-state index is -0.210. The van der Waals surface area contributed by atoms with Gasteiger partial charge in [-0.1, -0.05) is 15.9 Å². The molecule has 112 valence electrons. The van der Waals surface area contributed by atoms with Crippen molar-refractivity contribution in [3.63, 3.8) is 0 Å². The molecule has 1 aromatic carbocycles. The highest BCUT2D eigenvalue weighted by Gasteiger charge is 2.32. The van der Waals surface area contributed by atoms with Crippen LogP contribution in [0.2, 0.25) is 0 Å². The normalized spacial score (nSPS) is 19.8. The molecule has 3 nitrogen and oxygen atoms in total. The first-order chi connectivity index (χ1) is 9.56. The van der Waals surface area contributed by atoms with Gasteiger partial charge in [-0.25, -0.2) is 4.39 Å². The maximum atomic E-state index is 13.8. The maximum Gasteiger partial charge on any atom is 0.128 e. The summed E-state index contributed by atoms with van der Waals surface area (Å²) in [5.74, 6) is -0.210. The lowest BCUT2D eigenvalue weighted by Crippen LogP contribution is -2.42. The zero-order valence-electron chi connectivity index (χ0n) is 11.7. The minimum absolute atomic E-state index is 0.0984. The summed E-state index contributed by atoms with van der Waals surface area (Å²) >= 11 is 3.37. The molecule has 20 heavy (non-hydrogen) atoms. The van der Waals surface area contributed by atoms with Gasteiger partial charge in [0, 0.05) is 41.3 Å². The number of aliphatic hydroxyl groups is 1. The quantitative estimate of drug-likeness (QED) is 0.861. The Labute approximate surface area is 127 Å². The summed E-state index contributed by atoms with van der Waals surface area (Å²) < 4.78 is 20.0. The molecule has 1 fully saturated rings. The summed E-state index contributed by atoms with van der Waals surface area (Å²) in [6.45, 7) is 4.11. The Morgan fingerprint density at radius 2 is 2.15 bits per heavy atom. The molecule has 0 amide bonds. The van der Waals surface area contributed by atoms with Gasteiger partial charge in [-0.2, -0.15) is 0 Å². The Morgan fingerprint density at radius 1 is 1.45 bits per heavy atom. The minimum Gasteiger partial charge on any atom is -0.396 e. The van der Waals surface area contributed by atoms with E-state index in [0.29, 0.717) is 25.3 Å². The molecule has 1 saturated heterocycles. The van der Waals surface area contributed by atoms with Crippen molar-refractivity contribution in [2.45, 2.75) is 25.8 Å². The predicted molar refractivity (Wildman–Crippen MR) is 80.1 cm³/mol. The lowest BCUT2D eigenvalue weighted by atomic mass is 9.80. The summed E-state index contributed by atoms with van der Waals surface area (Å²) in [5, 5.41) is 13.0. The van der Waals surface area contributed by atoms with Gasteiger partial charge in [0.15, 0.2) is 0 Å². The number of rotatable bonds is 5. The van der Waals surface area contributed by atoms with Crippen LogP contribution in [0.3, 0.4) is 0 Å². The summed E-state index contributed by atoms with van der Waals surface area (Å²) in [5.41, 5.74) is 0.495. The van der Waals surface area contributed by atoms with Gasteiger partial charge in [0.1, 0.15) is 5.82 Å². The van der Waals surface area contributed by atoms with Crippen LogP contribution in [0.1, 0.15) is 31.4 Å². The van der Waals surface area contributed by atoms with E-state index in [4.69, 9.17) is 4.74 Å². The van der Waals surface area contributed by atoms with E-state index < -0.39 is 0 Å². The van der Waals surface area contributed by atoms with Crippen LogP contribution in [-0.2, 0) is 4.74 Å². The number of hydrogen-bond acceptors (Lipinski definition) is 3. The molecule has 5 heteroatoms. The van der Waals surface area contributed by atoms with E-state index in [2.05, 4.69) is 21.2 Å². The standard InChI is InChI=1S/C15H21BrFNO2/c1-11(13-8-12(16)2-3-14(13)17)18-9-15(10-19)4-6-20-7-5-15/h2-3,8,11,18-19H,4-7,9-10H2,1H3. The molecule has 0 bridgehead atoms. The Bertz CT molecular complexity index is 449. The monoisotopic (exact) mass is 345 g/mol. The maximum absolute atomic E-state index is 13.8. The highest BCUT2D eigenvalue weighted by Crippen LogP contribution is 2.30. The molecule has 0 saturated carbocycles. The van der Waals surface area contributed by atoms with E-state index >= 15 is 0 Å². The van der Waals surface area contributed by atoms with Gasteiger partial charge in [0.25, 0.3) is 0 Å². The zero-order valence-corrected chi connectivity index (χ0v) is 13.2. The fraction of sp³-hybridized carbons (Fsp3) is 0.600. The molecule has 0 aromatic heterocycles. The average molecular weight is 346 g/mol. The summed E-state index contributed by atoms with van der Waals surface area (Å²) in [6.07, 6.45) is 1.67. The van der Waals surface area contributed by atoms with Gasteiger partial charge in [-0.3, -0.25) is 0 Å². The smallest absolute Gasteiger partial charge is 0.128 e. The van der Waals surface area contributed by atoms with Crippen LogP contribution in [0.25, 0.3) is 0 Å². The van der Waals surface area contributed by atoms with Crippen molar-refractivity contribution >= 4 is 15.9 Å². The molecular formula is C15H21BrFNO2. The fourth-order valence-electron chi connectivity index (χ4n) is 2.52. The Hall–Kier alpha value is -0.490. The molecule has 1 aromatic rings. The number of ether oxygens (including phenoxy) is 1. The van der Waals surface area contributed by atoms with Crippen molar-refractivity contribution in [3.05, 3.63) is 34.1 Å². The molecular weight excluding hydrogens is 325 g/mol. The lowest BCUT2D eigenvalue weighted by Gasteiger charge is -2.36. The van der Waals surface area contributed by atoms with Crippen LogP contribution in [0, 0.1) is 11.2 Å². The third-order valence-electron chi connectivity index (χ3n) is 4.10. The zero-order chi connectivity index (χ0) is 14.6. The van der Waals surface area contributed by atoms with E-state index in [-0.39, 0.29) is 23.9 Å². The van der Waals surface area contributed by atoms with Crippen molar-refractivity contribution in [1.29, 1.82) is 0 Å². The molecule has 0 aliphatic carbocycles. The molecule has 1 aliphatic heterocycles. The van der Waals surface area contributed by atoms with Gasteiger partial charge in [-0.05, 0) is 38.0 Å². The van der Waals surface area contributed by atoms with Gasteiger partial charge in [0.2, 0.25) is 0 Å². The fourth-order valence-corrected chi connectivity index (χ4v) is 2.90. The van der Waals surface area contributed by atoms with Gasteiger partial charge < -0.3 is 15.2 Å². The van der Waals surface area contributed by atoms with Crippen LogP contribution in [0.4, 0.5) is 4.39 Å². The highest BCUT2D eigenvalue weighted by molar-refractivity contribution is 9.10. The second-order valence-electron chi connectivity index (χ2n) is 5.54. The van der Waals surface area contributed by atoms with E-state index in [0.717, 1.165) is 17.3 Å². The van der Waals surface area contributed by atoms with E-state index in [1.54, 1.807) is 12.1 Å². The molecule has 0 spiro atoms. The molecule has 0 radical (unpaired) electrons. The molecule has 1 unspecified atom stereocenters. The van der Waals surface area contributed by atoms with Gasteiger partial charge >= 0.3 is 0 Å². The summed E-state index contributed by atoms with van der Waals surface area (Å²) in [7, 11) is 0. The van der Waals surface area contributed by atoms with Gasteiger partial charge in [0.05, 0.1) is 6.61 Å². The first-order valence-electron chi connectivity index (χ1n) is 6.93. The van der Waals surface area contributed by atoms with Crippen molar-refractivity contribution in [3.8, 4) is 0 Å². The number of halogens is 2. The van der Waals surface area contributed by atoms with Crippen LogP contribution in [0.5, 0.6) is 0 Å². The first-order valence-corrected chi connectivity index (χ1v) is 7.73. The topological polar surface area (TPSA) is 41.5 Å². The third-order valence-corrected chi connectivity index (χ3v) is 4.59. The Morgan fingerprint density at radius 3 is 2.80 bits per heavy atom. The van der Waals surface area contributed by atoms with Crippen LogP contribution in [0.15, 0.2) is 22.7 Å². The van der Waals surface area contributed by atoms with Gasteiger partial charge in [-0.15, -0.1) is 0 Å². The third kappa shape index (κ3) is 3.79. The van der Waals surface area contributed by atoms with Crippen molar-refractivity contribution < 1.29 is 14.2 Å². The molecule has 1 atom stereocenters. The molecule has 2 N–H and O–H groups in total. The van der Waals surface area contributed by atoms with Crippen molar-refractivity contribution in [2.75, 3.05) is 26.4 Å². The van der Waals surface area contributed by atoms with Crippen LogP contribution < -0.4 is 5.32 Å². The number of hydrogen-bond donors (Lipinski definition) is 2. The Balaban J connectivity index is 2.00. The highest BCUT2D eigenvalue weighted by atomic mass is 79.9. The summed E-state index contributed by atoms with van der Waals surface area (Å²) in [6, 6.07) is 4.86. The second-order valence-corrected chi connectivity index (χ2v) is 6.45. The molecule has 1 aliphatic rings. The molecule has 2 rings (SSSR count). The number of benzene rings is 1. The van der Waals surface area contributed by atoms with Crippen LogP contribution >= 0.6 is 15.9 Å². The van der Waals surface area contributed by atoms with E-state index in [9.17, 15) is 9.50 Å². The largest absolute Gasteiger partial charge is 0.396 e. The predicted octanol–water partition coefficient (Wildman–Crippen LogP) is 3.03. The number of nitrogens with one attached hydrogen (secondary N) is 1. The van der Waals surface area contributed by atoms with Crippen molar-refractivity contribution in [1.82, 2.24) is 5.32 Å².